The van der Waals surface area contributed by atoms with Crippen molar-refractivity contribution in [2.45, 2.75) is 25.7 Å². The van der Waals surface area contributed by atoms with Crippen LogP contribution in [0.1, 0.15) is 35.3 Å². The second kappa shape index (κ2) is 5.96. The van der Waals surface area contributed by atoms with Gasteiger partial charge in [-0.2, -0.15) is 0 Å². The van der Waals surface area contributed by atoms with E-state index >= 15 is 0 Å². The highest BCUT2D eigenvalue weighted by Crippen LogP contribution is 2.27. The molecule has 1 aliphatic rings. The lowest BCUT2D eigenvalue weighted by atomic mass is 9.85. The second-order valence-corrected chi connectivity index (χ2v) is 5.06. The van der Waals surface area contributed by atoms with Crippen molar-refractivity contribution in [2.75, 3.05) is 20.1 Å². The molecule has 1 aliphatic carbocycles. The predicted octanol–water partition coefficient (Wildman–Crippen LogP) is 1.45. The van der Waals surface area contributed by atoms with Gasteiger partial charge >= 0.3 is 0 Å². The molecule has 1 aromatic rings. The van der Waals surface area contributed by atoms with E-state index in [9.17, 15) is 4.79 Å². The standard InChI is InChI=1S/C14H21N3O/c1-17(10-11-3-2-4-11)14(18)12-6-8-16-13(9-12)5-7-15/h6,8-9,11H,2-5,7,10,15H2,1H3. The van der Waals surface area contributed by atoms with Crippen LogP contribution in [0.25, 0.3) is 0 Å². The van der Waals surface area contributed by atoms with Crippen LogP contribution in [0.15, 0.2) is 18.3 Å². The Morgan fingerprint density at radius 1 is 1.56 bits per heavy atom. The molecule has 0 bridgehead atoms. The van der Waals surface area contributed by atoms with E-state index in [4.69, 9.17) is 5.73 Å². The van der Waals surface area contributed by atoms with Crippen molar-refractivity contribution in [1.29, 1.82) is 0 Å². The van der Waals surface area contributed by atoms with E-state index in [0.29, 0.717) is 18.9 Å². The van der Waals surface area contributed by atoms with E-state index in [1.54, 1.807) is 12.3 Å². The zero-order valence-electron chi connectivity index (χ0n) is 10.9. The predicted molar refractivity (Wildman–Crippen MR) is 71.3 cm³/mol. The Kier molecular flexibility index (Phi) is 4.31. The topological polar surface area (TPSA) is 59.2 Å². The smallest absolute Gasteiger partial charge is 0.253 e. The Bertz CT molecular complexity index is 415. The molecule has 98 valence electrons. The number of rotatable bonds is 5. The second-order valence-electron chi connectivity index (χ2n) is 5.06. The number of hydrogen-bond acceptors (Lipinski definition) is 3. The molecule has 0 aromatic carbocycles. The third-order valence-electron chi connectivity index (χ3n) is 3.57. The lowest BCUT2D eigenvalue weighted by Crippen LogP contribution is -2.34. The molecule has 1 saturated carbocycles. The van der Waals surface area contributed by atoms with Crippen LogP contribution in [0, 0.1) is 5.92 Å². The molecule has 0 aliphatic heterocycles. The Morgan fingerprint density at radius 3 is 2.94 bits per heavy atom. The van der Waals surface area contributed by atoms with Crippen LogP contribution in [0.5, 0.6) is 0 Å². The number of carbonyl (C=O) groups is 1. The molecule has 1 heterocycles. The zero-order valence-corrected chi connectivity index (χ0v) is 10.9. The van der Waals surface area contributed by atoms with Crippen LogP contribution < -0.4 is 5.73 Å². The van der Waals surface area contributed by atoms with Gasteiger partial charge in [0.2, 0.25) is 0 Å². The minimum absolute atomic E-state index is 0.0857. The minimum Gasteiger partial charge on any atom is -0.341 e. The highest BCUT2D eigenvalue weighted by atomic mass is 16.2. The first-order chi connectivity index (χ1) is 8.70. The van der Waals surface area contributed by atoms with Gasteiger partial charge in [0, 0.05) is 37.5 Å². The first-order valence-corrected chi connectivity index (χ1v) is 6.61. The number of carbonyl (C=O) groups excluding carboxylic acids is 1. The highest BCUT2D eigenvalue weighted by Gasteiger charge is 2.22. The first kappa shape index (κ1) is 13.0. The highest BCUT2D eigenvalue weighted by molar-refractivity contribution is 5.94. The molecule has 1 fully saturated rings. The lowest BCUT2D eigenvalue weighted by molar-refractivity contribution is 0.0745. The van der Waals surface area contributed by atoms with Crippen LogP contribution in [-0.2, 0) is 6.42 Å². The van der Waals surface area contributed by atoms with E-state index in [1.807, 2.05) is 18.0 Å². The van der Waals surface area contributed by atoms with Crippen molar-refractivity contribution in [3.05, 3.63) is 29.6 Å². The maximum Gasteiger partial charge on any atom is 0.253 e. The molecule has 0 atom stereocenters. The molecule has 0 radical (unpaired) electrons. The molecule has 4 nitrogen and oxygen atoms in total. The van der Waals surface area contributed by atoms with Gasteiger partial charge in [0.1, 0.15) is 0 Å². The fraction of sp³-hybridized carbons (Fsp3) is 0.571. The summed E-state index contributed by atoms with van der Waals surface area (Å²) in [4.78, 5) is 18.3. The zero-order chi connectivity index (χ0) is 13.0. The molecular formula is C14H21N3O. The molecule has 1 aromatic heterocycles. The average Bonchev–Trinajstić information content (AvgIpc) is 2.33. The largest absolute Gasteiger partial charge is 0.341 e. The monoisotopic (exact) mass is 247 g/mol. The van der Waals surface area contributed by atoms with Crippen molar-refractivity contribution in [1.82, 2.24) is 9.88 Å². The van der Waals surface area contributed by atoms with Crippen molar-refractivity contribution in [3.8, 4) is 0 Å². The summed E-state index contributed by atoms with van der Waals surface area (Å²) in [5.74, 6) is 0.784. The third kappa shape index (κ3) is 3.07. The number of nitrogens with two attached hydrogens (primary N) is 1. The summed E-state index contributed by atoms with van der Waals surface area (Å²) in [6.45, 7) is 1.43. The number of pyridine rings is 1. The Labute approximate surface area is 108 Å². The van der Waals surface area contributed by atoms with E-state index < -0.39 is 0 Å². The van der Waals surface area contributed by atoms with Gasteiger partial charge in [-0.25, -0.2) is 0 Å². The van der Waals surface area contributed by atoms with Crippen LogP contribution in [-0.4, -0.2) is 35.9 Å². The van der Waals surface area contributed by atoms with Gasteiger partial charge in [0.05, 0.1) is 0 Å². The number of amides is 1. The Balaban J connectivity index is 2.00. The van der Waals surface area contributed by atoms with E-state index in [1.165, 1.54) is 19.3 Å². The van der Waals surface area contributed by atoms with Crippen LogP contribution >= 0.6 is 0 Å². The van der Waals surface area contributed by atoms with Gasteiger partial charge in [-0.05, 0) is 37.4 Å². The van der Waals surface area contributed by atoms with Crippen LogP contribution in [0.2, 0.25) is 0 Å². The number of nitrogens with zero attached hydrogens (tertiary/aromatic N) is 2. The summed E-state index contributed by atoms with van der Waals surface area (Å²) in [7, 11) is 1.88. The van der Waals surface area contributed by atoms with Gasteiger partial charge in [-0.15, -0.1) is 0 Å². The summed E-state index contributed by atoms with van der Waals surface area (Å²) in [5.41, 5.74) is 7.11. The summed E-state index contributed by atoms with van der Waals surface area (Å²) in [6.07, 6.45) is 6.23. The quantitative estimate of drug-likeness (QED) is 0.857. The molecule has 0 saturated heterocycles. The summed E-state index contributed by atoms with van der Waals surface area (Å²) in [5, 5.41) is 0. The van der Waals surface area contributed by atoms with Gasteiger partial charge in [-0.3, -0.25) is 9.78 Å². The molecule has 2 rings (SSSR count). The van der Waals surface area contributed by atoms with Crippen molar-refractivity contribution >= 4 is 5.91 Å². The van der Waals surface area contributed by atoms with Crippen LogP contribution in [0.4, 0.5) is 0 Å². The normalized spacial score (nSPS) is 15.2. The van der Waals surface area contributed by atoms with Crippen LogP contribution in [0.3, 0.4) is 0 Å². The fourth-order valence-electron chi connectivity index (χ4n) is 2.26. The number of aromatic nitrogens is 1. The Hall–Kier alpha value is -1.42. The first-order valence-electron chi connectivity index (χ1n) is 6.61. The van der Waals surface area contributed by atoms with Gasteiger partial charge in [0.15, 0.2) is 0 Å². The summed E-state index contributed by atoms with van der Waals surface area (Å²) in [6, 6.07) is 3.63. The molecule has 18 heavy (non-hydrogen) atoms. The van der Waals surface area contributed by atoms with E-state index in [2.05, 4.69) is 4.98 Å². The van der Waals surface area contributed by atoms with Crippen molar-refractivity contribution < 1.29 is 4.79 Å². The molecular weight excluding hydrogens is 226 g/mol. The number of hydrogen-bond donors (Lipinski definition) is 1. The molecule has 1 amide bonds. The minimum atomic E-state index is 0.0857. The fourth-order valence-corrected chi connectivity index (χ4v) is 2.26. The maximum absolute atomic E-state index is 12.2. The maximum atomic E-state index is 12.2. The van der Waals surface area contributed by atoms with Crippen molar-refractivity contribution in [2.24, 2.45) is 11.7 Å². The van der Waals surface area contributed by atoms with Crippen molar-refractivity contribution in [3.63, 3.8) is 0 Å². The summed E-state index contributed by atoms with van der Waals surface area (Å²) < 4.78 is 0. The SMILES string of the molecule is CN(CC1CCC1)C(=O)c1ccnc(CCN)c1. The van der Waals surface area contributed by atoms with Gasteiger partial charge < -0.3 is 10.6 Å². The van der Waals surface area contributed by atoms with Gasteiger partial charge in [-0.1, -0.05) is 6.42 Å². The average molecular weight is 247 g/mol. The molecule has 0 spiro atoms. The lowest BCUT2D eigenvalue weighted by Gasteiger charge is -2.30. The molecule has 4 heteroatoms. The van der Waals surface area contributed by atoms with E-state index in [0.717, 1.165) is 17.8 Å². The van der Waals surface area contributed by atoms with E-state index in [-0.39, 0.29) is 5.91 Å². The Morgan fingerprint density at radius 2 is 2.33 bits per heavy atom. The van der Waals surface area contributed by atoms with Gasteiger partial charge in [0.25, 0.3) is 5.91 Å². The molecule has 2 N–H and O–H groups in total. The third-order valence-corrected chi connectivity index (χ3v) is 3.57. The molecule has 0 unspecified atom stereocenters. The summed E-state index contributed by atoms with van der Waals surface area (Å²) >= 11 is 0.